The van der Waals surface area contributed by atoms with Crippen molar-refractivity contribution in [2.45, 2.75) is 6.92 Å². The van der Waals surface area contributed by atoms with Crippen molar-refractivity contribution >= 4 is 17.7 Å². The number of amides is 1. The van der Waals surface area contributed by atoms with Gasteiger partial charge in [0.1, 0.15) is 5.82 Å². The van der Waals surface area contributed by atoms with Crippen LogP contribution in [0, 0.1) is 19.3 Å². The maximum atomic E-state index is 14.6. The van der Waals surface area contributed by atoms with E-state index in [2.05, 4.69) is 25.5 Å². The largest absolute Gasteiger partial charge is 0.504 e. The summed E-state index contributed by atoms with van der Waals surface area (Å²) in [5, 5.41) is 15.6. The second-order valence-electron chi connectivity index (χ2n) is 5.38. The molecule has 0 atom stereocenters. The first-order valence-electron chi connectivity index (χ1n) is 7.47. The van der Waals surface area contributed by atoms with Crippen LogP contribution in [0.4, 0.5) is 10.2 Å². The molecule has 3 rings (SSSR count). The number of hydrogen-bond donors (Lipinski definition) is 3. The highest BCUT2D eigenvalue weighted by molar-refractivity contribution is 6.12. The zero-order chi connectivity index (χ0) is 18.0. The molecule has 0 fully saturated rings. The molecule has 1 amide bonds. The predicted molar refractivity (Wildman–Crippen MR) is 90.1 cm³/mol. The first-order valence-corrected chi connectivity index (χ1v) is 7.47. The minimum atomic E-state index is -0.700. The van der Waals surface area contributed by atoms with Crippen LogP contribution in [0.3, 0.4) is 0 Å². The number of benzene rings is 1. The first-order chi connectivity index (χ1) is 12.0. The third-order valence-electron chi connectivity index (χ3n) is 3.74. The molecule has 0 unspecified atom stereocenters. The van der Waals surface area contributed by atoms with Crippen LogP contribution in [-0.2, 0) is 0 Å². The van der Waals surface area contributed by atoms with Gasteiger partial charge in [0, 0.05) is 17.7 Å². The molecule has 0 saturated heterocycles. The van der Waals surface area contributed by atoms with Crippen LogP contribution < -0.4 is 10.6 Å². The summed E-state index contributed by atoms with van der Waals surface area (Å²) in [4.78, 5) is 23.8. The van der Waals surface area contributed by atoms with E-state index in [1.54, 1.807) is 19.1 Å². The van der Waals surface area contributed by atoms with Gasteiger partial charge in [-0.15, -0.1) is 4.98 Å². The van der Waals surface area contributed by atoms with Gasteiger partial charge in [0.25, 0.3) is 11.7 Å². The number of nitrogens with zero attached hydrogens (tertiary/aromatic N) is 3. The fourth-order valence-electron chi connectivity index (χ4n) is 2.55. The van der Waals surface area contributed by atoms with E-state index in [-0.39, 0.29) is 28.5 Å². The Kier molecular flexibility index (Phi) is 4.31. The standard InChI is InChI=1S/C17H14FN5O2/c1-9-4-3-5-10(14(9)18)12-13(11(24)8-22-15(12)19-2)16(25)23-17-20-6-7-21-17/h3-5,8,24H,6-7H2,1H3,(H2,20,21,23,25). The molecule has 2 heterocycles. The van der Waals surface area contributed by atoms with Crippen molar-refractivity contribution in [2.24, 2.45) is 4.99 Å². The number of guanidine groups is 1. The number of carbonyl (C=O) groups is 1. The van der Waals surface area contributed by atoms with E-state index in [0.717, 1.165) is 6.20 Å². The molecule has 7 nitrogen and oxygen atoms in total. The van der Waals surface area contributed by atoms with Crippen LogP contribution in [0.15, 0.2) is 29.4 Å². The predicted octanol–water partition coefficient (Wildman–Crippen LogP) is 2.14. The van der Waals surface area contributed by atoms with Gasteiger partial charge in [-0.25, -0.2) is 4.39 Å². The van der Waals surface area contributed by atoms with E-state index in [9.17, 15) is 14.3 Å². The Bertz CT molecular complexity index is 933. The van der Waals surface area contributed by atoms with Gasteiger partial charge in [-0.05, 0) is 12.5 Å². The molecule has 1 aromatic carbocycles. The number of nitrogens with one attached hydrogen (secondary N) is 2. The molecule has 0 bridgehead atoms. The normalized spacial score (nSPS) is 12.9. The number of pyridine rings is 1. The van der Waals surface area contributed by atoms with Gasteiger partial charge in [0.2, 0.25) is 0 Å². The molecule has 1 aliphatic rings. The highest BCUT2D eigenvalue weighted by atomic mass is 19.1. The van der Waals surface area contributed by atoms with Crippen molar-refractivity contribution in [3.63, 3.8) is 0 Å². The third-order valence-corrected chi connectivity index (χ3v) is 3.74. The zero-order valence-electron chi connectivity index (χ0n) is 13.3. The van der Waals surface area contributed by atoms with Crippen LogP contribution in [0.2, 0.25) is 0 Å². The van der Waals surface area contributed by atoms with Crippen molar-refractivity contribution in [2.75, 3.05) is 13.1 Å². The van der Waals surface area contributed by atoms with E-state index >= 15 is 0 Å². The van der Waals surface area contributed by atoms with Gasteiger partial charge in [0.15, 0.2) is 17.9 Å². The van der Waals surface area contributed by atoms with Gasteiger partial charge >= 0.3 is 0 Å². The zero-order valence-corrected chi connectivity index (χ0v) is 13.3. The summed E-state index contributed by atoms with van der Waals surface area (Å²) in [6.45, 7) is 9.96. The number of halogens is 1. The van der Waals surface area contributed by atoms with Crippen LogP contribution in [0.1, 0.15) is 15.9 Å². The Morgan fingerprint density at radius 2 is 2.28 bits per heavy atom. The molecular weight excluding hydrogens is 325 g/mol. The summed E-state index contributed by atoms with van der Waals surface area (Å²) >= 11 is 0. The molecule has 25 heavy (non-hydrogen) atoms. The number of aliphatic imine (C=N–C) groups is 1. The minimum absolute atomic E-state index is 0.0286. The lowest BCUT2D eigenvalue weighted by Crippen LogP contribution is -2.38. The molecule has 126 valence electrons. The maximum Gasteiger partial charge on any atom is 0.278 e. The highest BCUT2D eigenvalue weighted by Gasteiger charge is 2.26. The Morgan fingerprint density at radius 1 is 1.48 bits per heavy atom. The van der Waals surface area contributed by atoms with Gasteiger partial charge < -0.3 is 15.3 Å². The van der Waals surface area contributed by atoms with Crippen LogP contribution in [0.25, 0.3) is 16.0 Å². The Balaban J connectivity index is 2.19. The maximum absolute atomic E-state index is 14.6. The lowest BCUT2D eigenvalue weighted by molar-refractivity contribution is 0.0974. The molecule has 0 saturated carbocycles. The average Bonchev–Trinajstić information content (AvgIpc) is 3.10. The molecule has 2 aromatic rings. The van der Waals surface area contributed by atoms with E-state index in [0.29, 0.717) is 18.7 Å². The Morgan fingerprint density at radius 3 is 2.96 bits per heavy atom. The van der Waals surface area contributed by atoms with E-state index in [1.807, 2.05) is 0 Å². The number of aromatic nitrogens is 1. The second kappa shape index (κ2) is 6.57. The fourth-order valence-corrected chi connectivity index (χ4v) is 2.55. The van der Waals surface area contributed by atoms with Crippen molar-refractivity contribution in [1.82, 2.24) is 15.6 Å². The fraction of sp³-hybridized carbons (Fsp3) is 0.176. The van der Waals surface area contributed by atoms with Crippen molar-refractivity contribution < 1.29 is 14.3 Å². The van der Waals surface area contributed by atoms with E-state index in [1.165, 1.54) is 6.07 Å². The lowest BCUT2D eigenvalue weighted by atomic mass is 9.97. The summed E-state index contributed by atoms with van der Waals surface area (Å²) in [7, 11) is 0. The lowest BCUT2D eigenvalue weighted by Gasteiger charge is -2.14. The van der Waals surface area contributed by atoms with Gasteiger partial charge in [0.05, 0.1) is 12.1 Å². The van der Waals surface area contributed by atoms with E-state index in [4.69, 9.17) is 6.57 Å². The monoisotopic (exact) mass is 339 g/mol. The molecule has 1 aromatic heterocycles. The van der Waals surface area contributed by atoms with Crippen LogP contribution in [-0.4, -0.2) is 35.0 Å². The molecule has 0 radical (unpaired) electrons. The Hall–Kier alpha value is -3.47. The van der Waals surface area contributed by atoms with Crippen molar-refractivity contribution in [3.05, 3.63) is 52.8 Å². The van der Waals surface area contributed by atoms with Gasteiger partial charge in [-0.3, -0.25) is 15.1 Å². The number of rotatable bonds is 2. The molecular formula is C17H14FN5O2. The topological polar surface area (TPSA) is 91.0 Å². The second-order valence-corrected chi connectivity index (χ2v) is 5.38. The number of aromatic hydroxyl groups is 1. The number of aryl methyl sites for hydroxylation is 1. The van der Waals surface area contributed by atoms with Crippen LogP contribution in [0.5, 0.6) is 5.75 Å². The third kappa shape index (κ3) is 2.99. The van der Waals surface area contributed by atoms with E-state index < -0.39 is 17.5 Å². The quantitative estimate of drug-likeness (QED) is 0.731. The van der Waals surface area contributed by atoms with Crippen molar-refractivity contribution in [3.8, 4) is 16.9 Å². The molecule has 0 aliphatic carbocycles. The summed E-state index contributed by atoms with van der Waals surface area (Å²) in [6, 6.07) is 4.62. The number of carbonyl (C=O) groups excluding carboxylic acids is 1. The molecule has 8 heteroatoms. The highest BCUT2D eigenvalue weighted by Crippen LogP contribution is 2.38. The SMILES string of the molecule is [C-]#[N+]c1ncc(O)c(C(=O)NC2=NCCN2)c1-c1cccc(C)c1F. The summed E-state index contributed by atoms with van der Waals surface area (Å²) in [5.41, 5.74) is 0.111. The summed E-state index contributed by atoms with van der Waals surface area (Å²) < 4.78 is 14.6. The number of hydrogen-bond acceptors (Lipinski definition) is 5. The average molecular weight is 339 g/mol. The smallest absolute Gasteiger partial charge is 0.278 e. The molecule has 3 N–H and O–H groups in total. The summed E-state index contributed by atoms with van der Waals surface area (Å²) in [6.07, 6.45) is 1.00. The molecule has 1 aliphatic heterocycles. The van der Waals surface area contributed by atoms with Gasteiger partial charge in [-0.2, -0.15) is 0 Å². The minimum Gasteiger partial charge on any atom is -0.504 e. The van der Waals surface area contributed by atoms with Crippen molar-refractivity contribution in [1.29, 1.82) is 0 Å². The first kappa shape index (κ1) is 16.4. The van der Waals surface area contributed by atoms with Gasteiger partial charge in [-0.1, -0.05) is 24.8 Å². The Labute approximate surface area is 143 Å². The summed E-state index contributed by atoms with van der Waals surface area (Å²) in [5.74, 6) is -1.63. The van der Waals surface area contributed by atoms with Crippen LogP contribution >= 0.6 is 0 Å². The molecule has 0 spiro atoms.